The van der Waals surface area contributed by atoms with Crippen molar-refractivity contribution in [1.29, 1.82) is 0 Å². The number of alkyl halides is 3. The van der Waals surface area contributed by atoms with Gasteiger partial charge in [0.2, 0.25) is 5.75 Å². The molecule has 0 aliphatic carbocycles. The Kier molecular flexibility index (Phi) is 4.89. The SMILES string of the molecule is CCOC(=O)c1cc(OC)c([N+](=O)[O-])c(OC(F)(F)F)n1. The van der Waals surface area contributed by atoms with Gasteiger partial charge in [0.1, 0.15) is 0 Å². The molecular weight excluding hydrogens is 301 g/mol. The van der Waals surface area contributed by atoms with Gasteiger partial charge in [-0.2, -0.15) is 4.98 Å². The second-order valence-electron chi connectivity index (χ2n) is 3.39. The van der Waals surface area contributed by atoms with E-state index >= 15 is 0 Å². The summed E-state index contributed by atoms with van der Waals surface area (Å²) in [4.78, 5) is 24.3. The van der Waals surface area contributed by atoms with Gasteiger partial charge in [-0.1, -0.05) is 0 Å². The summed E-state index contributed by atoms with van der Waals surface area (Å²) >= 11 is 0. The van der Waals surface area contributed by atoms with Crippen LogP contribution in [0.2, 0.25) is 0 Å². The highest BCUT2D eigenvalue weighted by molar-refractivity contribution is 5.88. The maximum Gasteiger partial charge on any atom is 0.574 e. The molecular formula is C10H9F3N2O6. The molecule has 21 heavy (non-hydrogen) atoms. The van der Waals surface area contributed by atoms with Crippen molar-refractivity contribution >= 4 is 11.7 Å². The van der Waals surface area contributed by atoms with E-state index in [1.807, 2.05) is 0 Å². The number of rotatable bonds is 5. The lowest BCUT2D eigenvalue weighted by Crippen LogP contribution is -2.20. The van der Waals surface area contributed by atoms with Gasteiger partial charge >= 0.3 is 23.9 Å². The topological polar surface area (TPSA) is 101 Å². The minimum absolute atomic E-state index is 0.0602. The smallest absolute Gasteiger partial charge is 0.490 e. The summed E-state index contributed by atoms with van der Waals surface area (Å²) in [5, 5.41) is 10.8. The molecule has 116 valence electrons. The van der Waals surface area contributed by atoms with Crippen molar-refractivity contribution in [3.63, 3.8) is 0 Å². The summed E-state index contributed by atoms with van der Waals surface area (Å²) in [5.41, 5.74) is -1.76. The Labute approximate surface area is 115 Å². The first-order valence-electron chi connectivity index (χ1n) is 5.35. The minimum Gasteiger partial charge on any atom is -0.490 e. The quantitative estimate of drug-likeness (QED) is 0.466. The largest absolute Gasteiger partial charge is 0.574 e. The average molecular weight is 310 g/mol. The Bertz CT molecular complexity index is 560. The van der Waals surface area contributed by atoms with Crippen LogP contribution in [0.15, 0.2) is 6.07 Å². The molecule has 0 aliphatic rings. The number of carbonyl (C=O) groups excluding carboxylic acids is 1. The Morgan fingerprint density at radius 2 is 2.10 bits per heavy atom. The number of pyridine rings is 1. The zero-order chi connectivity index (χ0) is 16.2. The Morgan fingerprint density at radius 3 is 2.52 bits per heavy atom. The summed E-state index contributed by atoms with van der Waals surface area (Å²) in [6, 6.07) is 0.791. The molecule has 0 saturated carbocycles. The summed E-state index contributed by atoms with van der Waals surface area (Å²) in [7, 11) is 0.981. The molecule has 8 nitrogen and oxygen atoms in total. The van der Waals surface area contributed by atoms with Gasteiger partial charge < -0.3 is 14.2 Å². The molecule has 0 spiro atoms. The van der Waals surface area contributed by atoms with Crippen LogP contribution in [0.3, 0.4) is 0 Å². The Hall–Kier alpha value is -2.59. The van der Waals surface area contributed by atoms with Crippen LogP contribution in [-0.4, -0.2) is 36.0 Å². The zero-order valence-corrected chi connectivity index (χ0v) is 10.8. The van der Waals surface area contributed by atoms with Crippen molar-refractivity contribution in [2.75, 3.05) is 13.7 Å². The van der Waals surface area contributed by atoms with E-state index in [1.165, 1.54) is 6.92 Å². The third-order valence-electron chi connectivity index (χ3n) is 2.03. The molecule has 0 aromatic carbocycles. The number of nitrogens with zero attached hydrogens (tertiary/aromatic N) is 2. The minimum atomic E-state index is -5.23. The highest BCUT2D eigenvalue weighted by Gasteiger charge is 2.38. The number of nitro groups is 1. The molecule has 1 rings (SSSR count). The zero-order valence-electron chi connectivity index (χ0n) is 10.8. The first-order chi connectivity index (χ1) is 9.69. The monoisotopic (exact) mass is 310 g/mol. The van der Waals surface area contributed by atoms with Crippen LogP contribution in [0.5, 0.6) is 11.6 Å². The number of esters is 1. The number of carbonyl (C=O) groups is 1. The molecule has 11 heteroatoms. The van der Waals surface area contributed by atoms with Gasteiger partial charge in [-0.05, 0) is 6.92 Å². The van der Waals surface area contributed by atoms with E-state index in [-0.39, 0.29) is 6.61 Å². The van der Waals surface area contributed by atoms with Gasteiger partial charge in [0.15, 0.2) is 5.69 Å². The molecule has 0 bridgehead atoms. The van der Waals surface area contributed by atoms with Crippen molar-refractivity contribution in [3.8, 4) is 11.6 Å². The van der Waals surface area contributed by atoms with Crippen LogP contribution < -0.4 is 9.47 Å². The van der Waals surface area contributed by atoms with Gasteiger partial charge in [-0.25, -0.2) is 4.79 Å². The average Bonchev–Trinajstić information content (AvgIpc) is 2.35. The first kappa shape index (κ1) is 16.5. The number of ether oxygens (including phenoxy) is 3. The number of hydrogen-bond donors (Lipinski definition) is 0. The van der Waals surface area contributed by atoms with E-state index in [9.17, 15) is 28.1 Å². The van der Waals surface area contributed by atoms with E-state index in [4.69, 9.17) is 0 Å². The molecule has 0 saturated heterocycles. The van der Waals surface area contributed by atoms with Crippen molar-refractivity contribution in [3.05, 3.63) is 21.9 Å². The molecule has 0 aliphatic heterocycles. The van der Waals surface area contributed by atoms with E-state index in [1.54, 1.807) is 0 Å². The second kappa shape index (κ2) is 6.24. The summed E-state index contributed by atoms with van der Waals surface area (Å²) in [6.07, 6.45) is -5.23. The number of aromatic nitrogens is 1. The van der Waals surface area contributed by atoms with Gasteiger partial charge in [0.05, 0.1) is 18.6 Å². The number of methoxy groups -OCH3 is 1. The van der Waals surface area contributed by atoms with E-state index in [0.29, 0.717) is 0 Å². The van der Waals surface area contributed by atoms with Gasteiger partial charge in [-0.3, -0.25) is 10.1 Å². The molecule has 1 aromatic heterocycles. The lowest BCUT2D eigenvalue weighted by molar-refractivity contribution is -0.390. The lowest BCUT2D eigenvalue weighted by atomic mass is 10.3. The van der Waals surface area contributed by atoms with Crippen LogP contribution in [0.4, 0.5) is 18.9 Å². The first-order valence-corrected chi connectivity index (χ1v) is 5.35. The van der Waals surface area contributed by atoms with Crippen LogP contribution in [0.1, 0.15) is 17.4 Å². The molecule has 1 aromatic rings. The normalized spacial score (nSPS) is 10.9. The fourth-order valence-electron chi connectivity index (χ4n) is 1.31. The van der Waals surface area contributed by atoms with Gasteiger partial charge in [-0.15, -0.1) is 13.2 Å². The fourth-order valence-corrected chi connectivity index (χ4v) is 1.31. The van der Waals surface area contributed by atoms with Crippen molar-refractivity contribution in [2.45, 2.75) is 13.3 Å². The summed E-state index contributed by atoms with van der Waals surface area (Å²) in [6.45, 7) is 1.41. The van der Waals surface area contributed by atoms with Crippen molar-refractivity contribution in [1.82, 2.24) is 4.98 Å². The molecule has 0 radical (unpaired) electrons. The molecule has 1 heterocycles. The van der Waals surface area contributed by atoms with Crippen LogP contribution >= 0.6 is 0 Å². The van der Waals surface area contributed by atoms with Crippen molar-refractivity contribution < 1.29 is 37.1 Å². The molecule has 0 unspecified atom stereocenters. The molecule has 0 amide bonds. The third-order valence-corrected chi connectivity index (χ3v) is 2.03. The fraction of sp³-hybridized carbons (Fsp3) is 0.400. The van der Waals surface area contributed by atoms with E-state index < -0.39 is 40.3 Å². The number of halogens is 3. The lowest BCUT2D eigenvalue weighted by Gasteiger charge is -2.11. The maximum absolute atomic E-state index is 12.3. The Balaban J connectivity index is 3.44. The third kappa shape index (κ3) is 4.19. The highest BCUT2D eigenvalue weighted by atomic mass is 19.4. The van der Waals surface area contributed by atoms with Gasteiger partial charge in [0, 0.05) is 6.07 Å². The maximum atomic E-state index is 12.3. The molecule has 0 fully saturated rings. The van der Waals surface area contributed by atoms with E-state index in [0.717, 1.165) is 13.2 Å². The van der Waals surface area contributed by atoms with Crippen LogP contribution in [0.25, 0.3) is 0 Å². The highest BCUT2D eigenvalue weighted by Crippen LogP contribution is 2.38. The summed E-state index contributed by atoms with van der Waals surface area (Å²) < 4.78 is 49.4. The number of hydrogen-bond acceptors (Lipinski definition) is 7. The predicted molar refractivity (Wildman–Crippen MR) is 60.1 cm³/mol. The van der Waals surface area contributed by atoms with Gasteiger partial charge in [0.25, 0.3) is 0 Å². The summed E-state index contributed by atoms with van der Waals surface area (Å²) in [5.74, 6) is -3.09. The molecule has 0 N–H and O–H groups in total. The Morgan fingerprint density at radius 1 is 1.48 bits per heavy atom. The van der Waals surface area contributed by atoms with E-state index in [2.05, 4.69) is 19.2 Å². The molecule has 0 atom stereocenters. The predicted octanol–water partition coefficient (Wildman–Crippen LogP) is 2.07. The van der Waals surface area contributed by atoms with Crippen molar-refractivity contribution in [2.24, 2.45) is 0 Å². The van der Waals surface area contributed by atoms with Crippen LogP contribution in [0, 0.1) is 10.1 Å². The standard InChI is InChI=1S/C10H9F3N2O6/c1-3-20-9(16)5-4-6(19-2)7(15(17)18)8(14-5)21-10(11,12)13/h4H,3H2,1-2H3. The second-order valence-corrected chi connectivity index (χ2v) is 3.39. The van der Waals surface area contributed by atoms with Crippen LogP contribution in [-0.2, 0) is 4.74 Å².